The Morgan fingerprint density at radius 3 is 2.70 bits per heavy atom. The van der Waals surface area contributed by atoms with E-state index in [1.807, 2.05) is 29.4 Å². The lowest BCUT2D eigenvalue weighted by Crippen LogP contribution is -2.47. The molecule has 1 aliphatic rings. The fourth-order valence-corrected chi connectivity index (χ4v) is 2.34. The summed E-state index contributed by atoms with van der Waals surface area (Å²) in [5, 5.41) is 3.26. The van der Waals surface area contributed by atoms with Crippen molar-refractivity contribution in [2.24, 2.45) is 0 Å². The van der Waals surface area contributed by atoms with Crippen molar-refractivity contribution < 1.29 is 4.79 Å². The minimum absolute atomic E-state index is 0.280. The maximum Gasteiger partial charge on any atom is 0.223 e. The Hall–Kier alpha value is -1.46. The maximum atomic E-state index is 12.0. The second-order valence-electron chi connectivity index (χ2n) is 5.29. The van der Waals surface area contributed by atoms with E-state index in [4.69, 9.17) is 0 Å². The van der Waals surface area contributed by atoms with Crippen LogP contribution in [0.2, 0.25) is 0 Å². The lowest BCUT2D eigenvalue weighted by atomic mass is 10.2. The van der Waals surface area contributed by atoms with Gasteiger partial charge in [-0.3, -0.25) is 9.78 Å². The molecule has 0 aliphatic carbocycles. The van der Waals surface area contributed by atoms with Gasteiger partial charge in [0, 0.05) is 58.1 Å². The fraction of sp³-hybridized carbons (Fsp3) is 0.600. The first-order chi connectivity index (χ1) is 9.75. The van der Waals surface area contributed by atoms with E-state index in [0.29, 0.717) is 6.42 Å². The molecule has 1 aliphatic heterocycles. The summed E-state index contributed by atoms with van der Waals surface area (Å²) in [6.07, 6.45) is 5.26. The molecule has 1 fully saturated rings. The smallest absolute Gasteiger partial charge is 0.223 e. The maximum absolute atomic E-state index is 12.0. The zero-order valence-electron chi connectivity index (χ0n) is 12.2. The summed E-state index contributed by atoms with van der Waals surface area (Å²) in [4.78, 5) is 20.2. The van der Waals surface area contributed by atoms with Crippen molar-refractivity contribution in [1.29, 1.82) is 0 Å². The third-order valence-corrected chi connectivity index (χ3v) is 3.71. The molecule has 110 valence electrons. The second kappa shape index (κ2) is 7.97. The van der Waals surface area contributed by atoms with Gasteiger partial charge in [0.1, 0.15) is 0 Å². The van der Waals surface area contributed by atoms with Gasteiger partial charge in [0.25, 0.3) is 0 Å². The number of piperazine rings is 1. The molecule has 5 heteroatoms. The van der Waals surface area contributed by atoms with Gasteiger partial charge in [0.15, 0.2) is 0 Å². The van der Waals surface area contributed by atoms with Gasteiger partial charge in [-0.1, -0.05) is 0 Å². The van der Waals surface area contributed by atoms with Crippen LogP contribution in [0.5, 0.6) is 0 Å². The highest BCUT2D eigenvalue weighted by Gasteiger charge is 2.16. The first-order valence-corrected chi connectivity index (χ1v) is 7.31. The number of hydrogen-bond donors (Lipinski definition) is 1. The molecule has 5 nitrogen and oxygen atoms in total. The lowest BCUT2D eigenvalue weighted by Gasteiger charge is -2.28. The number of nitrogens with zero attached hydrogens (tertiary/aromatic N) is 3. The van der Waals surface area contributed by atoms with Crippen LogP contribution in [-0.2, 0) is 11.2 Å². The van der Waals surface area contributed by atoms with Gasteiger partial charge in [0.2, 0.25) is 5.91 Å². The molecular formula is C15H24N4O. The van der Waals surface area contributed by atoms with Crippen molar-refractivity contribution in [3.05, 3.63) is 30.1 Å². The number of carbonyl (C=O) groups is 1. The largest absolute Gasteiger partial charge is 0.340 e. The molecule has 0 aromatic carbocycles. The minimum Gasteiger partial charge on any atom is -0.340 e. The van der Waals surface area contributed by atoms with Crippen LogP contribution in [0.4, 0.5) is 0 Å². The van der Waals surface area contributed by atoms with Gasteiger partial charge < -0.3 is 15.1 Å². The van der Waals surface area contributed by atoms with Crippen molar-refractivity contribution in [2.75, 3.05) is 46.3 Å². The molecule has 1 amide bonds. The standard InChI is InChI=1S/C15H24N4O/c1-18(10-4-14-2-6-16-7-3-14)11-5-15(20)19-12-8-17-9-13-19/h2-3,6-7,17H,4-5,8-13H2,1H3. The summed E-state index contributed by atoms with van der Waals surface area (Å²) in [5.74, 6) is 0.280. The Morgan fingerprint density at radius 2 is 2.00 bits per heavy atom. The first kappa shape index (κ1) is 14.9. The third-order valence-electron chi connectivity index (χ3n) is 3.71. The molecule has 2 heterocycles. The van der Waals surface area contributed by atoms with Gasteiger partial charge in [-0.25, -0.2) is 0 Å². The molecule has 1 aromatic rings. The monoisotopic (exact) mass is 276 g/mol. The zero-order valence-corrected chi connectivity index (χ0v) is 12.2. The van der Waals surface area contributed by atoms with Crippen molar-refractivity contribution >= 4 is 5.91 Å². The molecule has 1 N–H and O–H groups in total. The number of nitrogens with one attached hydrogen (secondary N) is 1. The van der Waals surface area contributed by atoms with Gasteiger partial charge in [-0.15, -0.1) is 0 Å². The van der Waals surface area contributed by atoms with E-state index < -0.39 is 0 Å². The zero-order chi connectivity index (χ0) is 14.2. The first-order valence-electron chi connectivity index (χ1n) is 7.31. The highest BCUT2D eigenvalue weighted by atomic mass is 16.2. The number of carbonyl (C=O) groups excluding carboxylic acids is 1. The molecule has 2 rings (SSSR count). The molecule has 0 bridgehead atoms. The van der Waals surface area contributed by atoms with Gasteiger partial charge >= 0.3 is 0 Å². The predicted octanol–water partition coefficient (Wildman–Crippen LogP) is 0.378. The normalized spacial score (nSPS) is 15.6. The number of rotatable bonds is 6. The van der Waals surface area contributed by atoms with Crippen LogP contribution in [0.25, 0.3) is 0 Å². The van der Waals surface area contributed by atoms with Crippen LogP contribution >= 0.6 is 0 Å². The number of aromatic nitrogens is 1. The molecule has 1 aromatic heterocycles. The van der Waals surface area contributed by atoms with Gasteiger partial charge in [-0.2, -0.15) is 0 Å². The predicted molar refractivity (Wildman–Crippen MR) is 79.5 cm³/mol. The molecule has 1 saturated heterocycles. The minimum atomic E-state index is 0.280. The lowest BCUT2D eigenvalue weighted by molar-refractivity contribution is -0.132. The number of amides is 1. The van der Waals surface area contributed by atoms with Crippen LogP contribution in [-0.4, -0.2) is 67.0 Å². The summed E-state index contributed by atoms with van der Waals surface area (Å²) >= 11 is 0. The molecule has 0 unspecified atom stereocenters. The molecule has 20 heavy (non-hydrogen) atoms. The van der Waals surface area contributed by atoms with E-state index in [0.717, 1.165) is 45.7 Å². The van der Waals surface area contributed by atoms with Crippen LogP contribution in [0.1, 0.15) is 12.0 Å². The topological polar surface area (TPSA) is 48.5 Å². The fourth-order valence-electron chi connectivity index (χ4n) is 2.34. The van der Waals surface area contributed by atoms with Crippen LogP contribution in [0.15, 0.2) is 24.5 Å². The Kier molecular flexibility index (Phi) is 5.95. The molecule has 0 spiro atoms. The number of hydrogen-bond acceptors (Lipinski definition) is 4. The summed E-state index contributed by atoms with van der Waals surface area (Å²) < 4.78 is 0. The van der Waals surface area contributed by atoms with E-state index in [2.05, 4.69) is 22.2 Å². The third kappa shape index (κ3) is 4.90. The van der Waals surface area contributed by atoms with Crippen LogP contribution in [0.3, 0.4) is 0 Å². The number of likely N-dealkylation sites (N-methyl/N-ethyl adjacent to an activating group) is 1. The number of pyridine rings is 1. The Balaban J connectivity index is 1.64. The van der Waals surface area contributed by atoms with E-state index in [-0.39, 0.29) is 5.91 Å². The van der Waals surface area contributed by atoms with Crippen molar-refractivity contribution in [3.8, 4) is 0 Å². The van der Waals surface area contributed by atoms with E-state index in [1.54, 1.807) is 0 Å². The summed E-state index contributed by atoms with van der Waals surface area (Å²) in [5.41, 5.74) is 1.29. The van der Waals surface area contributed by atoms with E-state index in [9.17, 15) is 4.79 Å². The van der Waals surface area contributed by atoms with E-state index in [1.165, 1.54) is 5.56 Å². The Bertz CT molecular complexity index is 404. The summed E-state index contributed by atoms with van der Waals surface area (Å²) in [6, 6.07) is 4.08. The highest BCUT2D eigenvalue weighted by Crippen LogP contribution is 2.01. The quantitative estimate of drug-likeness (QED) is 0.816. The van der Waals surface area contributed by atoms with Crippen LogP contribution in [0, 0.1) is 0 Å². The van der Waals surface area contributed by atoms with Crippen LogP contribution < -0.4 is 5.32 Å². The molecule has 0 saturated carbocycles. The van der Waals surface area contributed by atoms with Crippen molar-refractivity contribution in [1.82, 2.24) is 20.1 Å². The van der Waals surface area contributed by atoms with Crippen molar-refractivity contribution in [3.63, 3.8) is 0 Å². The molecule has 0 radical (unpaired) electrons. The Morgan fingerprint density at radius 1 is 1.30 bits per heavy atom. The van der Waals surface area contributed by atoms with Crippen molar-refractivity contribution in [2.45, 2.75) is 12.8 Å². The molecular weight excluding hydrogens is 252 g/mol. The summed E-state index contributed by atoms with van der Waals surface area (Å²) in [7, 11) is 2.08. The van der Waals surface area contributed by atoms with Gasteiger partial charge in [0.05, 0.1) is 0 Å². The van der Waals surface area contributed by atoms with Gasteiger partial charge in [-0.05, 0) is 31.2 Å². The Labute approximate surface area is 121 Å². The summed E-state index contributed by atoms with van der Waals surface area (Å²) in [6.45, 7) is 5.33. The SMILES string of the molecule is CN(CCC(=O)N1CCNCC1)CCc1ccncc1. The van der Waals surface area contributed by atoms with E-state index >= 15 is 0 Å². The average Bonchev–Trinajstić information content (AvgIpc) is 2.52. The second-order valence-corrected chi connectivity index (χ2v) is 5.29. The average molecular weight is 276 g/mol. The molecule has 0 atom stereocenters. The highest BCUT2D eigenvalue weighted by molar-refractivity contribution is 5.76.